The molecule has 1 fully saturated rings. The molecule has 1 atom stereocenters. The fraction of sp³-hybridized carbons (Fsp3) is 0.375. The number of aryl methyl sites for hydroxylation is 3. The molecule has 30 heavy (non-hydrogen) atoms. The summed E-state index contributed by atoms with van der Waals surface area (Å²) in [6, 6.07) is 12.0. The third kappa shape index (κ3) is 4.93. The Balaban J connectivity index is 1.69. The van der Waals surface area contributed by atoms with Gasteiger partial charge in [0, 0.05) is 19.2 Å². The van der Waals surface area contributed by atoms with Crippen LogP contribution < -0.4 is 5.32 Å². The van der Waals surface area contributed by atoms with E-state index in [9.17, 15) is 9.59 Å². The standard InChI is InChI=1S/C24H29N3O2S/c1-14(2)18-7-9-19(10-8-18)25-21(28)13-20-23(29)27(6)24(30-20)26-22-16(4)11-15(3)12-17(22)5/h7-12,14,20H,13H2,1-6H3,(H,25,28). The van der Waals surface area contributed by atoms with Crippen molar-refractivity contribution in [3.63, 3.8) is 0 Å². The summed E-state index contributed by atoms with van der Waals surface area (Å²) in [5.74, 6) is 0.179. The monoisotopic (exact) mass is 423 g/mol. The van der Waals surface area contributed by atoms with E-state index < -0.39 is 5.25 Å². The number of nitrogens with zero attached hydrogens (tertiary/aromatic N) is 2. The highest BCUT2D eigenvalue weighted by atomic mass is 32.2. The van der Waals surface area contributed by atoms with Crippen molar-refractivity contribution in [3.05, 3.63) is 58.7 Å². The van der Waals surface area contributed by atoms with E-state index in [1.165, 1.54) is 22.9 Å². The molecule has 1 saturated heterocycles. The van der Waals surface area contributed by atoms with E-state index in [1.54, 1.807) is 11.9 Å². The third-order valence-electron chi connectivity index (χ3n) is 5.22. The van der Waals surface area contributed by atoms with Gasteiger partial charge < -0.3 is 5.32 Å². The van der Waals surface area contributed by atoms with Crippen LogP contribution in [0.2, 0.25) is 0 Å². The van der Waals surface area contributed by atoms with Gasteiger partial charge in [0.05, 0.1) is 5.69 Å². The van der Waals surface area contributed by atoms with E-state index in [0.29, 0.717) is 11.1 Å². The molecule has 0 aliphatic carbocycles. The van der Waals surface area contributed by atoms with Crippen LogP contribution in [0.5, 0.6) is 0 Å². The molecule has 0 bridgehead atoms. The smallest absolute Gasteiger partial charge is 0.242 e. The number of benzene rings is 2. The molecule has 1 N–H and O–H groups in total. The number of rotatable bonds is 5. The van der Waals surface area contributed by atoms with Crippen molar-refractivity contribution in [2.75, 3.05) is 12.4 Å². The molecule has 2 aromatic carbocycles. The van der Waals surface area contributed by atoms with Crippen LogP contribution in [0.1, 0.15) is 48.4 Å². The number of carbonyl (C=O) groups excluding carboxylic acids is 2. The molecule has 158 valence electrons. The number of hydrogen-bond donors (Lipinski definition) is 1. The maximum atomic E-state index is 12.7. The molecule has 0 aromatic heterocycles. The molecule has 2 aromatic rings. The zero-order chi connectivity index (χ0) is 22.0. The molecule has 5 nitrogen and oxygen atoms in total. The Labute approximate surface area is 183 Å². The second-order valence-electron chi connectivity index (χ2n) is 8.17. The van der Waals surface area contributed by atoms with Crippen molar-refractivity contribution in [3.8, 4) is 0 Å². The summed E-state index contributed by atoms with van der Waals surface area (Å²) >= 11 is 1.35. The normalized spacial score (nSPS) is 17.8. The number of thioether (sulfide) groups is 1. The van der Waals surface area contributed by atoms with Crippen molar-refractivity contribution in [1.82, 2.24) is 4.90 Å². The van der Waals surface area contributed by atoms with E-state index in [0.717, 1.165) is 22.5 Å². The molecule has 0 spiro atoms. The lowest BCUT2D eigenvalue weighted by molar-refractivity contribution is -0.127. The topological polar surface area (TPSA) is 61.8 Å². The van der Waals surface area contributed by atoms with Crippen LogP contribution in [0.15, 0.2) is 41.4 Å². The van der Waals surface area contributed by atoms with Crippen molar-refractivity contribution in [1.29, 1.82) is 0 Å². The number of aliphatic imine (C=N–C) groups is 1. The molecular weight excluding hydrogens is 394 g/mol. The summed E-state index contributed by atoms with van der Waals surface area (Å²) in [7, 11) is 1.72. The number of carbonyl (C=O) groups is 2. The average Bonchev–Trinajstić information content (AvgIpc) is 2.92. The molecule has 0 radical (unpaired) electrons. The van der Waals surface area contributed by atoms with E-state index in [-0.39, 0.29) is 18.2 Å². The van der Waals surface area contributed by atoms with Crippen LogP contribution in [0.4, 0.5) is 11.4 Å². The molecule has 1 aliphatic rings. The Bertz CT molecular complexity index is 973. The highest BCUT2D eigenvalue weighted by molar-refractivity contribution is 8.15. The maximum Gasteiger partial charge on any atom is 0.242 e. The summed E-state index contributed by atoms with van der Waals surface area (Å²) in [5.41, 5.74) is 6.19. The summed E-state index contributed by atoms with van der Waals surface area (Å²) in [6.45, 7) is 10.4. The Morgan fingerprint density at radius 2 is 1.73 bits per heavy atom. The number of nitrogens with one attached hydrogen (secondary N) is 1. The minimum absolute atomic E-state index is 0.0912. The van der Waals surface area contributed by atoms with Gasteiger partial charge in [0.15, 0.2) is 5.17 Å². The van der Waals surface area contributed by atoms with Gasteiger partial charge in [-0.25, -0.2) is 4.99 Å². The van der Waals surface area contributed by atoms with Gasteiger partial charge in [0.1, 0.15) is 5.25 Å². The zero-order valence-electron chi connectivity index (χ0n) is 18.4. The van der Waals surface area contributed by atoms with Gasteiger partial charge >= 0.3 is 0 Å². The highest BCUT2D eigenvalue weighted by Gasteiger charge is 2.37. The minimum Gasteiger partial charge on any atom is -0.326 e. The number of amides is 2. The third-order valence-corrected chi connectivity index (χ3v) is 6.44. The van der Waals surface area contributed by atoms with Gasteiger partial charge in [0.2, 0.25) is 11.8 Å². The van der Waals surface area contributed by atoms with Gasteiger partial charge in [-0.2, -0.15) is 0 Å². The second-order valence-corrected chi connectivity index (χ2v) is 9.34. The summed E-state index contributed by atoms with van der Waals surface area (Å²) in [6.07, 6.45) is 0.116. The second kappa shape index (κ2) is 9.04. The van der Waals surface area contributed by atoms with Gasteiger partial charge in [-0.1, -0.05) is 55.4 Å². The van der Waals surface area contributed by atoms with Crippen molar-refractivity contribution in [2.24, 2.45) is 4.99 Å². The molecule has 3 rings (SSSR count). The first-order valence-corrected chi connectivity index (χ1v) is 11.0. The number of amidine groups is 1. The van der Waals surface area contributed by atoms with Gasteiger partial charge in [-0.05, 0) is 55.5 Å². The Kier molecular flexibility index (Phi) is 6.66. The molecule has 6 heteroatoms. The van der Waals surface area contributed by atoms with Crippen LogP contribution in [-0.2, 0) is 9.59 Å². The fourth-order valence-corrected chi connectivity index (χ4v) is 4.71. The Morgan fingerprint density at radius 1 is 1.13 bits per heavy atom. The van der Waals surface area contributed by atoms with E-state index in [4.69, 9.17) is 4.99 Å². The fourth-order valence-electron chi connectivity index (χ4n) is 3.57. The van der Waals surface area contributed by atoms with Crippen molar-refractivity contribution < 1.29 is 9.59 Å². The molecule has 1 unspecified atom stereocenters. The lowest BCUT2D eigenvalue weighted by Crippen LogP contribution is -2.30. The zero-order valence-corrected chi connectivity index (χ0v) is 19.3. The van der Waals surface area contributed by atoms with Gasteiger partial charge in [0.25, 0.3) is 0 Å². The van der Waals surface area contributed by atoms with Crippen LogP contribution in [0.25, 0.3) is 0 Å². The first-order valence-electron chi connectivity index (χ1n) is 10.2. The molecule has 1 aliphatic heterocycles. The van der Waals surface area contributed by atoms with E-state index in [1.807, 2.05) is 38.1 Å². The van der Waals surface area contributed by atoms with Crippen molar-refractivity contribution in [2.45, 2.75) is 52.2 Å². The first-order chi connectivity index (χ1) is 14.2. The van der Waals surface area contributed by atoms with Crippen LogP contribution in [-0.4, -0.2) is 34.2 Å². The number of anilines is 1. The lowest BCUT2D eigenvalue weighted by atomic mass is 10.0. The molecular formula is C24H29N3O2S. The Morgan fingerprint density at radius 3 is 2.30 bits per heavy atom. The predicted octanol–water partition coefficient (Wildman–Crippen LogP) is 5.33. The summed E-state index contributed by atoms with van der Waals surface area (Å²) < 4.78 is 0. The van der Waals surface area contributed by atoms with E-state index >= 15 is 0 Å². The van der Waals surface area contributed by atoms with Crippen LogP contribution in [0.3, 0.4) is 0 Å². The first kappa shape index (κ1) is 22.1. The molecule has 0 saturated carbocycles. The number of hydrogen-bond acceptors (Lipinski definition) is 4. The SMILES string of the molecule is Cc1cc(C)c(N=C2SC(CC(=O)Nc3ccc(C(C)C)cc3)C(=O)N2C)c(C)c1. The molecule has 1 heterocycles. The highest BCUT2D eigenvalue weighted by Crippen LogP contribution is 2.33. The van der Waals surface area contributed by atoms with E-state index in [2.05, 4.69) is 38.2 Å². The van der Waals surface area contributed by atoms with Gasteiger partial charge in [-0.3, -0.25) is 14.5 Å². The van der Waals surface area contributed by atoms with Crippen molar-refractivity contribution >= 4 is 40.1 Å². The predicted molar refractivity (Wildman–Crippen MR) is 126 cm³/mol. The summed E-state index contributed by atoms with van der Waals surface area (Å²) in [4.78, 5) is 31.5. The van der Waals surface area contributed by atoms with Gasteiger partial charge in [-0.15, -0.1) is 0 Å². The summed E-state index contributed by atoms with van der Waals surface area (Å²) in [5, 5.41) is 3.07. The minimum atomic E-state index is -0.463. The van der Waals surface area contributed by atoms with Crippen LogP contribution in [0, 0.1) is 20.8 Å². The molecule has 2 amide bonds. The lowest BCUT2D eigenvalue weighted by Gasteiger charge is -2.11. The maximum absolute atomic E-state index is 12.7. The largest absolute Gasteiger partial charge is 0.326 e. The van der Waals surface area contributed by atoms with Crippen LogP contribution >= 0.6 is 11.8 Å². The average molecular weight is 424 g/mol. The quantitative estimate of drug-likeness (QED) is 0.707. The Hall–Kier alpha value is -2.60.